The average Bonchev–Trinajstić information content (AvgIpc) is 2.67. The zero-order valence-corrected chi connectivity index (χ0v) is 15.7. The Morgan fingerprint density at radius 1 is 1.14 bits per heavy atom. The van der Waals surface area contributed by atoms with Gasteiger partial charge in [0.05, 0.1) is 19.3 Å². The van der Waals surface area contributed by atoms with Gasteiger partial charge >= 0.3 is 12.1 Å². The second-order valence-electron chi connectivity index (χ2n) is 5.93. The van der Waals surface area contributed by atoms with Crippen LogP contribution in [-0.4, -0.2) is 24.8 Å². The fourth-order valence-electron chi connectivity index (χ4n) is 2.32. The number of ether oxygens (including phenoxy) is 3. The number of carboxylic acids is 1. The van der Waals surface area contributed by atoms with Crippen LogP contribution < -0.4 is 14.2 Å². The molecule has 7 heteroatoms. The largest absolute Gasteiger partial charge is 0.493 e. The van der Waals surface area contributed by atoms with Crippen LogP contribution >= 0.6 is 0 Å². The van der Waals surface area contributed by atoms with Crippen molar-refractivity contribution in [1.29, 1.82) is 0 Å². The molecule has 0 aromatic heterocycles. The van der Waals surface area contributed by atoms with Crippen molar-refractivity contribution < 1.29 is 32.9 Å². The maximum Gasteiger partial charge on any atom is 0.426 e. The van der Waals surface area contributed by atoms with Crippen molar-refractivity contribution in [2.45, 2.75) is 25.9 Å². The normalized spacial score (nSPS) is 11.4. The molecule has 1 N–H and O–H groups in total. The molecular formula is C21H22F2O5. The quantitative estimate of drug-likeness (QED) is 0.450. The lowest BCUT2D eigenvalue weighted by molar-refractivity contribution is -0.185. The van der Waals surface area contributed by atoms with Gasteiger partial charge in [-0.15, -0.1) is 0 Å². The lowest BCUT2D eigenvalue weighted by atomic mass is 10.1. The first kappa shape index (κ1) is 21.2. The Balaban J connectivity index is 2.13. The number of carbonyl (C=O) groups is 1. The standard InChI is InChI=1S/C21H22F2O5/c1-3-4-13-27-18-11-10-17(14-19(18)26-2)28-21(22,23)16-8-5-15(6-9-16)7-12-20(24)25/h5-12,14H,3-4,13H2,1-2H3,(H,24,25). The Kier molecular flexibility index (Phi) is 7.37. The van der Waals surface area contributed by atoms with Crippen LogP contribution in [0.5, 0.6) is 17.2 Å². The van der Waals surface area contributed by atoms with Gasteiger partial charge in [0, 0.05) is 12.1 Å². The zero-order valence-electron chi connectivity index (χ0n) is 15.7. The molecule has 0 aliphatic heterocycles. The predicted octanol–water partition coefficient (Wildman–Crippen LogP) is 5.10. The highest BCUT2D eigenvalue weighted by molar-refractivity contribution is 5.85. The van der Waals surface area contributed by atoms with E-state index in [0.717, 1.165) is 18.9 Å². The topological polar surface area (TPSA) is 65.0 Å². The molecule has 2 rings (SSSR count). The van der Waals surface area contributed by atoms with Crippen LogP contribution in [0.4, 0.5) is 8.78 Å². The third kappa shape index (κ3) is 5.97. The zero-order chi connectivity index (χ0) is 20.6. The Hall–Kier alpha value is -3.09. The van der Waals surface area contributed by atoms with E-state index >= 15 is 0 Å². The van der Waals surface area contributed by atoms with E-state index < -0.39 is 12.1 Å². The van der Waals surface area contributed by atoms with E-state index in [0.29, 0.717) is 23.7 Å². The van der Waals surface area contributed by atoms with E-state index in [4.69, 9.17) is 19.3 Å². The molecule has 0 saturated carbocycles. The molecule has 0 saturated heterocycles. The predicted molar refractivity (Wildman–Crippen MR) is 101 cm³/mol. The molecule has 0 spiro atoms. The van der Waals surface area contributed by atoms with Crippen LogP contribution in [0.3, 0.4) is 0 Å². The van der Waals surface area contributed by atoms with Gasteiger partial charge in [-0.25, -0.2) is 4.79 Å². The number of hydrogen-bond donors (Lipinski definition) is 1. The molecule has 28 heavy (non-hydrogen) atoms. The van der Waals surface area contributed by atoms with Gasteiger partial charge in [-0.05, 0) is 42.3 Å². The van der Waals surface area contributed by atoms with Crippen molar-refractivity contribution in [2.75, 3.05) is 13.7 Å². The summed E-state index contributed by atoms with van der Waals surface area (Å²) in [5, 5.41) is 8.60. The Labute approximate surface area is 162 Å². The van der Waals surface area contributed by atoms with Crippen molar-refractivity contribution >= 4 is 12.0 Å². The average molecular weight is 392 g/mol. The summed E-state index contributed by atoms with van der Waals surface area (Å²) in [4.78, 5) is 10.5. The fraction of sp³-hybridized carbons (Fsp3) is 0.286. The summed E-state index contributed by atoms with van der Waals surface area (Å²) in [5.74, 6) is -0.423. The molecule has 0 aliphatic rings. The highest BCUT2D eigenvalue weighted by Gasteiger charge is 2.34. The molecule has 0 atom stereocenters. The van der Waals surface area contributed by atoms with Gasteiger partial charge in [0.2, 0.25) is 0 Å². The monoisotopic (exact) mass is 392 g/mol. The molecule has 5 nitrogen and oxygen atoms in total. The number of unbranched alkanes of at least 4 members (excludes halogenated alkanes) is 1. The first-order chi connectivity index (χ1) is 13.4. The second kappa shape index (κ2) is 9.73. The molecule has 0 aliphatic carbocycles. The minimum absolute atomic E-state index is 0.0699. The molecule has 2 aromatic rings. The molecule has 0 radical (unpaired) electrons. The van der Waals surface area contributed by atoms with Gasteiger partial charge < -0.3 is 19.3 Å². The van der Waals surface area contributed by atoms with Crippen LogP contribution in [0.15, 0.2) is 48.5 Å². The highest BCUT2D eigenvalue weighted by Crippen LogP contribution is 2.36. The number of alkyl halides is 2. The highest BCUT2D eigenvalue weighted by atomic mass is 19.3. The Morgan fingerprint density at radius 3 is 2.46 bits per heavy atom. The van der Waals surface area contributed by atoms with Crippen molar-refractivity contribution in [3.8, 4) is 17.2 Å². The van der Waals surface area contributed by atoms with E-state index in [1.54, 1.807) is 0 Å². The summed E-state index contributed by atoms with van der Waals surface area (Å²) in [5.41, 5.74) is 0.124. The van der Waals surface area contributed by atoms with Gasteiger partial charge in [-0.3, -0.25) is 0 Å². The number of carboxylic acid groups (broad SMARTS) is 1. The molecule has 0 unspecified atom stereocenters. The van der Waals surface area contributed by atoms with Gasteiger partial charge in [0.1, 0.15) is 5.75 Å². The maximum absolute atomic E-state index is 14.5. The van der Waals surface area contributed by atoms with Crippen LogP contribution in [0, 0.1) is 0 Å². The summed E-state index contributed by atoms with van der Waals surface area (Å²) in [6, 6.07) is 9.40. The van der Waals surface area contributed by atoms with Crippen molar-refractivity contribution in [3.63, 3.8) is 0 Å². The summed E-state index contributed by atoms with van der Waals surface area (Å²) in [6.07, 6.45) is 0.510. The van der Waals surface area contributed by atoms with Crippen molar-refractivity contribution in [2.24, 2.45) is 0 Å². The smallest absolute Gasteiger partial charge is 0.426 e. The van der Waals surface area contributed by atoms with Gasteiger partial charge in [0.15, 0.2) is 11.5 Å². The number of benzene rings is 2. The van der Waals surface area contributed by atoms with Crippen LogP contribution in [0.1, 0.15) is 30.9 Å². The van der Waals surface area contributed by atoms with Crippen LogP contribution in [0.2, 0.25) is 0 Å². The molecular weight excluding hydrogens is 370 g/mol. The second-order valence-corrected chi connectivity index (χ2v) is 5.93. The SMILES string of the molecule is CCCCOc1ccc(OC(F)(F)c2ccc(C=CC(=O)O)cc2)cc1OC. The van der Waals surface area contributed by atoms with Gasteiger partial charge in [-0.2, -0.15) is 8.78 Å². The number of aliphatic carboxylic acids is 1. The molecule has 0 amide bonds. The van der Waals surface area contributed by atoms with Crippen molar-refractivity contribution in [3.05, 3.63) is 59.7 Å². The third-order valence-corrected chi connectivity index (χ3v) is 3.80. The summed E-state index contributed by atoms with van der Waals surface area (Å²) < 4.78 is 44.6. The minimum atomic E-state index is -3.58. The molecule has 0 heterocycles. The lowest BCUT2D eigenvalue weighted by Crippen LogP contribution is -2.21. The molecule has 0 bridgehead atoms. The Morgan fingerprint density at radius 2 is 1.86 bits per heavy atom. The first-order valence-corrected chi connectivity index (χ1v) is 8.75. The molecule has 2 aromatic carbocycles. The maximum atomic E-state index is 14.5. The van der Waals surface area contributed by atoms with Gasteiger partial charge in [-0.1, -0.05) is 25.5 Å². The van der Waals surface area contributed by atoms with E-state index in [2.05, 4.69) is 0 Å². The summed E-state index contributed by atoms with van der Waals surface area (Å²) >= 11 is 0. The lowest BCUT2D eigenvalue weighted by Gasteiger charge is -2.19. The summed E-state index contributed by atoms with van der Waals surface area (Å²) in [6.45, 7) is 2.54. The molecule has 0 fully saturated rings. The molecule has 150 valence electrons. The van der Waals surface area contributed by atoms with Gasteiger partial charge in [0.25, 0.3) is 0 Å². The van der Waals surface area contributed by atoms with Crippen LogP contribution in [-0.2, 0) is 10.9 Å². The van der Waals surface area contributed by atoms with E-state index in [-0.39, 0.29) is 11.3 Å². The minimum Gasteiger partial charge on any atom is -0.493 e. The fourth-order valence-corrected chi connectivity index (χ4v) is 2.32. The number of rotatable bonds is 10. The van der Waals surface area contributed by atoms with Crippen molar-refractivity contribution in [1.82, 2.24) is 0 Å². The van der Waals surface area contributed by atoms with E-state index in [1.807, 2.05) is 6.92 Å². The summed E-state index contributed by atoms with van der Waals surface area (Å²) in [7, 11) is 1.42. The number of methoxy groups -OCH3 is 1. The number of hydrogen-bond acceptors (Lipinski definition) is 4. The number of halogens is 2. The third-order valence-electron chi connectivity index (χ3n) is 3.80. The first-order valence-electron chi connectivity index (χ1n) is 8.75. The van der Waals surface area contributed by atoms with E-state index in [9.17, 15) is 13.6 Å². The Bertz CT molecular complexity index is 816. The van der Waals surface area contributed by atoms with Crippen LogP contribution in [0.25, 0.3) is 6.08 Å². The van der Waals surface area contributed by atoms with E-state index in [1.165, 1.54) is 55.7 Å².